The van der Waals surface area contributed by atoms with Crippen molar-refractivity contribution < 1.29 is 0 Å². The van der Waals surface area contributed by atoms with E-state index in [0.717, 1.165) is 49.8 Å². The van der Waals surface area contributed by atoms with Crippen LogP contribution >= 0.6 is 22.7 Å². The van der Waals surface area contributed by atoms with Crippen LogP contribution in [-0.4, -0.2) is 18.3 Å². The molecule has 0 aliphatic carbocycles. The summed E-state index contributed by atoms with van der Waals surface area (Å²) in [4.78, 5) is 0. The van der Waals surface area contributed by atoms with Crippen LogP contribution in [-0.2, 0) is 5.54 Å². The number of thiophene rings is 2. The Morgan fingerprint density at radius 1 is 0.449 bits per heavy atom. The van der Waals surface area contributed by atoms with Crippen molar-refractivity contribution in [2.24, 2.45) is 0 Å². The fourth-order valence-corrected chi connectivity index (χ4v) is 16.1. The number of nitriles is 1. The molecule has 1 unspecified atom stereocenters. The number of aromatic nitrogens is 4. The van der Waals surface area contributed by atoms with Crippen molar-refractivity contribution in [3.05, 3.63) is 230 Å². The van der Waals surface area contributed by atoms with Crippen molar-refractivity contribution in [1.29, 1.82) is 5.26 Å². The van der Waals surface area contributed by atoms with Crippen LogP contribution in [0.15, 0.2) is 230 Å². The van der Waals surface area contributed by atoms with Crippen LogP contribution in [0.4, 0.5) is 0 Å². The lowest BCUT2D eigenvalue weighted by Crippen LogP contribution is -2.30. The molecule has 0 aliphatic rings. The number of fused-ring (bicyclic) bond motifs is 20. The van der Waals surface area contributed by atoms with Gasteiger partial charge >= 0.3 is 0 Å². The molecule has 0 amide bonds. The minimum Gasteiger partial charge on any atom is -0.337 e. The normalized spacial score (nSPS) is 13.6. The summed E-state index contributed by atoms with van der Waals surface area (Å²) in [6.07, 6.45) is 2.90. The number of nitrogens with zero attached hydrogens (tertiary/aromatic N) is 5. The summed E-state index contributed by atoms with van der Waals surface area (Å²) in [5, 5.41) is 27.3. The first kappa shape index (κ1) is 45.0. The van der Waals surface area contributed by atoms with E-state index in [-0.39, 0.29) is 6.04 Å². The Labute approximate surface area is 457 Å². The third-order valence-electron chi connectivity index (χ3n) is 16.9. The largest absolute Gasteiger partial charge is 0.337 e. The summed E-state index contributed by atoms with van der Waals surface area (Å²) in [5.41, 5.74) is 10.7. The van der Waals surface area contributed by atoms with Crippen LogP contribution < -0.4 is 0 Å². The lowest BCUT2D eigenvalue weighted by molar-refractivity contribution is 0.461. The van der Waals surface area contributed by atoms with Crippen molar-refractivity contribution in [1.82, 2.24) is 18.3 Å². The number of hydrogen-bond donors (Lipinski definition) is 0. The Balaban J connectivity index is 1.10. The maximum Gasteiger partial charge on any atom is 0.101 e. The number of benzene rings is 10. The summed E-state index contributed by atoms with van der Waals surface area (Å²) < 4.78 is 14.9. The number of allylic oxidation sites excluding steroid dienone is 3. The predicted molar refractivity (Wildman–Crippen MR) is 335 cm³/mol. The molecule has 0 saturated carbocycles. The Morgan fingerprint density at radius 2 is 0.833 bits per heavy atom. The monoisotopic (exact) mass is 1040 g/mol. The minimum absolute atomic E-state index is 0.102. The molecular weight excluding hydrogens is 987 g/mol. The first-order chi connectivity index (χ1) is 38.4. The van der Waals surface area contributed by atoms with Crippen LogP contribution in [0, 0.1) is 11.3 Å². The molecule has 7 heteroatoms. The molecule has 16 aromatic rings. The summed E-state index contributed by atoms with van der Waals surface area (Å²) in [6.45, 7) is 7.02. The quantitative estimate of drug-likeness (QED) is 0.110. The Kier molecular flexibility index (Phi) is 9.76. The van der Waals surface area contributed by atoms with Crippen molar-refractivity contribution in [2.45, 2.75) is 38.8 Å². The van der Waals surface area contributed by atoms with Crippen LogP contribution in [0.25, 0.3) is 139 Å². The molecule has 0 aliphatic heterocycles. The Bertz CT molecular complexity index is 5220. The van der Waals surface area contributed by atoms with Gasteiger partial charge in [0.1, 0.15) is 6.07 Å². The van der Waals surface area contributed by atoms with E-state index in [9.17, 15) is 5.26 Å². The van der Waals surface area contributed by atoms with E-state index in [1.165, 1.54) is 89.1 Å². The van der Waals surface area contributed by atoms with Gasteiger partial charge in [0.05, 0.1) is 42.6 Å². The molecule has 6 heterocycles. The lowest BCUT2D eigenvalue weighted by Gasteiger charge is -2.34. The smallest absolute Gasteiger partial charge is 0.101 e. The highest BCUT2D eigenvalue weighted by molar-refractivity contribution is 7.27. The molecule has 0 saturated heterocycles. The lowest BCUT2D eigenvalue weighted by atomic mass is 9.86. The van der Waals surface area contributed by atoms with Gasteiger partial charge in [-0.25, -0.2) is 0 Å². The summed E-state index contributed by atoms with van der Waals surface area (Å²) in [5.74, 6) is 0. The van der Waals surface area contributed by atoms with E-state index in [1.807, 2.05) is 22.7 Å². The van der Waals surface area contributed by atoms with Crippen molar-refractivity contribution in [2.75, 3.05) is 0 Å². The van der Waals surface area contributed by atoms with E-state index in [2.05, 4.69) is 270 Å². The van der Waals surface area contributed by atoms with Gasteiger partial charge in [-0.1, -0.05) is 170 Å². The van der Waals surface area contributed by atoms with E-state index in [0.29, 0.717) is 12.0 Å². The van der Waals surface area contributed by atoms with Gasteiger partial charge < -0.3 is 18.3 Å². The summed E-state index contributed by atoms with van der Waals surface area (Å²) in [7, 11) is 0. The highest BCUT2D eigenvalue weighted by Crippen LogP contribution is 2.49. The van der Waals surface area contributed by atoms with Gasteiger partial charge in [-0.2, -0.15) is 5.26 Å². The van der Waals surface area contributed by atoms with E-state index in [4.69, 9.17) is 0 Å². The maximum absolute atomic E-state index is 12.9. The molecule has 0 spiro atoms. The highest BCUT2D eigenvalue weighted by atomic mass is 32.1. The number of rotatable bonds is 8. The van der Waals surface area contributed by atoms with Gasteiger partial charge in [0, 0.05) is 126 Å². The van der Waals surface area contributed by atoms with Crippen LogP contribution in [0.1, 0.15) is 33.2 Å². The van der Waals surface area contributed by atoms with Gasteiger partial charge in [0.2, 0.25) is 0 Å². The second kappa shape index (κ2) is 16.9. The zero-order valence-corrected chi connectivity index (χ0v) is 44.8. The molecule has 0 radical (unpaired) electrons. The first-order valence-corrected chi connectivity index (χ1v) is 28.5. The second-order valence-corrected chi connectivity index (χ2v) is 23.6. The molecule has 370 valence electrons. The van der Waals surface area contributed by atoms with Crippen LogP contribution in [0.5, 0.6) is 0 Å². The molecule has 0 bridgehead atoms. The standard InChI is InChI=1S/C71H49N5S2/c1-43(74-59-29-13-5-20-44(59)45-21-6-14-30-60(45)74)40-64(75-61-31-15-7-25-49(61)53-37-39-55-51-27-11-19-35-66(51)78-70(55)68(53)75)56(41-72)57(71(2,3)76-62-32-16-8-22-46(62)47-23-9-17-33-63(47)76)42-73-58-28-12-4-24-48(58)52-36-38-54-50-26-10-18-34-65(50)77-69(54)67(52)73/h4-39,42-43H,40H2,1-3H3/b57-42-,64-56+. The molecule has 6 aromatic heterocycles. The van der Waals surface area contributed by atoms with E-state index in [1.54, 1.807) is 0 Å². The third-order valence-corrected chi connectivity index (χ3v) is 19.3. The molecule has 1 atom stereocenters. The maximum atomic E-state index is 12.9. The van der Waals surface area contributed by atoms with Crippen LogP contribution in [0.3, 0.4) is 0 Å². The fraction of sp³-hybridized carbons (Fsp3) is 0.0845. The second-order valence-electron chi connectivity index (χ2n) is 21.5. The average molecular weight is 1040 g/mol. The van der Waals surface area contributed by atoms with Gasteiger partial charge in [-0.3, -0.25) is 0 Å². The van der Waals surface area contributed by atoms with Crippen molar-refractivity contribution in [3.8, 4) is 6.07 Å². The first-order valence-electron chi connectivity index (χ1n) is 26.9. The highest BCUT2D eigenvalue weighted by Gasteiger charge is 2.36. The van der Waals surface area contributed by atoms with E-state index >= 15 is 0 Å². The summed E-state index contributed by atoms with van der Waals surface area (Å²) in [6, 6.07) is 82.7. The zero-order valence-electron chi connectivity index (χ0n) is 43.2. The van der Waals surface area contributed by atoms with Gasteiger partial charge in [-0.05, 0) is 69.3 Å². The molecule has 5 nitrogen and oxygen atoms in total. The molecule has 16 rings (SSSR count). The fourth-order valence-electron chi connectivity index (χ4n) is 13.6. The van der Waals surface area contributed by atoms with Crippen molar-refractivity contribution >= 4 is 162 Å². The van der Waals surface area contributed by atoms with Crippen molar-refractivity contribution in [3.63, 3.8) is 0 Å². The van der Waals surface area contributed by atoms with Gasteiger partial charge in [0.15, 0.2) is 0 Å². The predicted octanol–water partition coefficient (Wildman–Crippen LogP) is 20.2. The summed E-state index contributed by atoms with van der Waals surface area (Å²) >= 11 is 3.70. The Morgan fingerprint density at radius 3 is 1.36 bits per heavy atom. The zero-order chi connectivity index (χ0) is 52.0. The SMILES string of the molecule is CC(C/C(=C(C#N)\C(=C\n1c2ccccc2c2ccc3c4ccccc4sc3c21)C(C)(C)n1c2ccccc2c2ccccc21)n1c2ccccc2c2ccc3c4ccccc4sc3c21)n1c2ccccc2c2ccccc21. The van der Waals surface area contributed by atoms with Crippen LogP contribution in [0.2, 0.25) is 0 Å². The molecule has 78 heavy (non-hydrogen) atoms. The number of hydrogen-bond acceptors (Lipinski definition) is 3. The topological polar surface area (TPSA) is 43.5 Å². The molecule has 0 fully saturated rings. The molecule has 0 N–H and O–H groups in total. The molecule has 10 aromatic carbocycles. The number of para-hydroxylation sites is 6. The van der Waals surface area contributed by atoms with Gasteiger partial charge in [0.25, 0.3) is 0 Å². The van der Waals surface area contributed by atoms with E-state index < -0.39 is 5.54 Å². The third kappa shape index (κ3) is 6.27. The average Bonchev–Trinajstić information content (AvgIpc) is 4.37. The van der Waals surface area contributed by atoms with Gasteiger partial charge in [-0.15, -0.1) is 22.7 Å². The Hall–Kier alpha value is -9.19. The minimum atomic E-state index is -0.841. The molecular formula is C71H49N5S2.